The van der Waals surface area contributed by atoms with Gasteiger partial charge in [0.2, 0.25) is 5.95 Å². The average molecular weight is 467 g/mol. The number of aromatic nitrogens is 1. The van der Waals surface area contributed by atoms with Crippen LogP contribution in [0.25, 0.3) is 0 Å². The first-order valence-corrected chi connectivity index (χ1v) is 12.3. The van der Waals surface area contributed by atoms with Crippen LogP contribution in [0.15, 0.2) is 35.2 Å². The van der Waals surface area contributed by atoms with E-state index in [-0.39, 0.29) is 16.1 Å². The van der Waals surface area contributed by atoms with E-state index in [1.807, 2.05) is 6.07 Å². The van der Waals surface area contributed by atoms with E-state index in [0.717, 1.165) is 31.3 Å². The summed E-state index contributed by atoms with van der Waals surface area (Å²) in [7, 11) is 0.346. The molecule has 2 aliphatic rings. The van der Waals surface area contributed by atoms with Gasteiger partial charge in [-0.3, -0.25) is 4.72 Å². The zero-order valence-electron chi connectivity index (χ0n) is 18.0. The first-order valence-electron chi connectivity index (χ1n) is 10.5. The number of aryl methyl sites for hydroxylation is 1. The summed E-state index contributed by atoms with van der Waals surface area (Å²) in [6, 6.07) is 7.84. The van der Waals surface area contributed by atoms with Gasteiger partial charge >= 0.3 is 0 Å². The molecule has 1 aromatic carbocycles. The standard InChI is InChI=1S/C22H28ClFN4O2S/c1-15-12-17(28-11-10-22(14-28)9-5-6-19(22)27(2)3)16(23)13-18(15)31(29,30)26-21-8-4-7-20(24)25-21/h4,7-8,12-13,19H,5-6,9-11,14H2,1-3H3,(H,25,26)/t19-,22+/m1/s1. The van der Waals surface area contributed by atoms with E-state index in [4.69, 9.17) is 11.6 Å². The summed E-state index contributed by atoms with van der Waals surface area (Å²) >= 11 is 6.59. The van der Waals surface area contributed by atoms with Gasteiger partial charge in [-0.25, -0.2) is 13.4 Å². The molecule has 31 heavy (non-hydrogen) atoms. The number of pyridine rings is 1. The summed E-state index contributed by atoms with van der Waals surface area (Å²) < 4.78 is 41.5. The molecular formula is C22H28ClFN4O2S. The van der Waals surface area contributed by atoms with Crippen LogP contribution in [0, 0.1) is 18.3 Å². The number of nitrogens with one attached hydrogen (secondary N) is 1. The molecule has 1 aliphatic carbocycles. The van der Waals surface area contributed by atoms with Gasteiger partial charge in [-0.2, -0.15) is 4.39 Å². The average Bonchev–Trinajstić information content (AvgIpc) is 3.30. The molecule has 0 bridgehead atoms. The Labute approximate surface area is 188 Å². The number of anilines is 2. The van der Waals surface area contributed by atoms with Crippen LogP contribution in [-0.4, -0.2) is 51.5 Å². The fourth-order valence-corrected chi connectivity index (χ4v) is 6.94. The number of hydrogen-bond acceptors (Lipinski definition) is 5. The quantitative estimate of drug-likeness (QED) is 0.666. The lowest BCUT2D eigenvalue weighted by atomic mass is 9.81. The van der Waals surface area contributed by atoms with Gasteiger partial charge in [0.1, 0.15) is 5.82 Å². The highest BCUT2D eigenvalue weighted by atomic mass is 35.5. The normalized spacial score (nSPS) is 23.8. The Balaban J connectivity index is 1.59. The molecule has 1 aliphatic heterocycles. The lowest BCUT2D eigenvalue weighted by Gasteiger charge is -2.36. The molecule has 2 atom stereocenters. The van der Waals surface area contributed by atoms with Crippen molar-refractivity contribution >= 4 is 33.1 Å². The minimum Gasteiger partial charge on any atom is -0.370 e. The lowest BCUT2D eigenvalue weighted by molar-refractivity contribution is 0.153. The third-order valence-electron chi connectivity index (χ3n) is 6.70. The number of nitrogens with zero attached hydrogens (tertiary/aromatic N) is 3. The molecule has 2 heterocycles. The maximum absolute atomic E-state index is 13.3. The maximum Gasteiger partial charge on any atom is 0.263 e. The Bertz CT molecular complexity index is 1090. The van der Waals surface area contributed by atoms with Crippen molar-refractivity contribution in [1.82, 2.24) is 9.88 Å². The topological polar surface area (TPSA) is 65.5 Å². The van der Waals surface area contributed by atoms with Gasteiger partial charge in [0.25, 0.3) is 10.0 Å². The van der Waals surface area contributed by atoms with Gasteiger partial charge in [-0.15, -0.1) is 0 Å². The van der Waals surface area contributed by atoms with Crippen LogP contribution in [0.1, 0.15) is 31.2 Å². The molecule has 0 amide bonds. The second-order valence-corrected chi connectivity index (χ2v) is 11.0. The summed E-state index contributed by atoms with van der Waals surface area (Å²) in [5.41, 5.74) is 1.71. The van der Waals surface area contributed by atoms with Crippen molar-refractivity contribution in [3.8, 4) is 0 Å². The fraction of sp³-hybridized carbons (Fsp3) is 0.500. The number of rotatable bonds is 5. The molecule has 1 N–H and O–H groups in total. The molecule has 0 unspecified atom stereocenters. The van der Waals surface area contributed by atoms with E-state index < -0.39 is 16.0 Å². The van der Waals surface area contributed by atoms with Crippen molar-refractivity contribution in [2.45, 2.75) is 43.5 Å². The van der Waals surface area contributed by atoms with Gasteiger partial charge in [0, 0.05) is 24.5 Å². The first kappa shape index (κ1) is 22.3. The molecule has 4 rings (SSSR count). The minimum atomic E-state index is -3.95. The molecular weight excluding hydrogens is 439 g/mol. The molecule has 0 radical (unpaired) electrons. The van der Waals surface area contributed by atoms with Crippen LogP contribution in [0.2, 0.25) is 5.02 Å². The molecule has 1 spiro atoms. The molecule has 1 saturated carbocycles. The van der Waals surface area contributed by atoms with Crippen LogP contribution in [0.4, 0.5) is 15.9 Å². The highest BCUT2D eigenvalue weighted by molar-refractivity contribution is 7.92. The Morgan fingerprint density at radius 2 is 2.06 bits per heavy atom. The summed E-state index contributed by atoms with van der Waals surface area (Å²) in [5, 5.41) is 0.398. The molecule has 1 aromatic heterocycles. The second-order valence-electron chi connectivity index (χ2n) is 8.93. The molecule has 9 heteroatoms. The SMILES string of the molecule is Cc1cc(N2CC[C@@]3(CCC[C@H]3N(C)C)C2)c(Cl)cc1S(=O)(=O)Nc1cccc(F)n1. The largest absolute Gasteiger partial charge is 0.370 e. The molecule has 168 valence electrons. The van der Waals surface area contributed by atoms with Gasteiger partial charge in [0.05, 0.1) is 15.6 Å². The minimum absolute atomic E-state index is 0.0632. The lowest BCUT2D eigenvalue weighted by Crippen LogP contribution is -2.42. The number of halogens is 2. The van der Waals surface area contributed by atoms with Crippen molar-refractivity contribution in [3.05, 3.63) is 46.9 Å². The summed E-state index contributed by atoms with van der Waals surface area (Å²) in [6.07, 6.45) is 4.77. The van der Waals surface area contributed by atoms with Crippen molar-refractivity contribution < 1.29 is 12.8 Å². The first-order chi connectivity index (χ1) is 14.6. The monoisotopic (exact) mass is 466 g/mol. The van der Waals surface area contributed by atoms with Crippen molar-refractivity contribution in [2.24, 2.45) is 5.41 Å². The number of sulfonamides is 1. The van der Waals surface area contributed by atoms with Crippen LogP contribution in [0.5, 0.6) is 0 Å². The van der Waals surface area contributed by atoms with Crippen LogP contribution < -0.4 is 9.62 Å². The highest BCUT2D eigenvalue weighted by Crippen LogP contribution is 2.49. The third-order valence-corrected chi connectivity index (χ3v) is 8.50. The predicted octanol–water partition coefficient (Wildman–Crippen LogP) is 4.29. The predicted molar refractivity (Wildman–Crippen MR) is 122 cm³/mol. The molecule has 1 saturated heterocycles. The Morgan fingerprint density at radius 1 is 1.29 bits per heavy atom. The zero-order valence-corrected chi connectivity index (χ0v) is 19.6. The van der Waals surface area contributed by atoms with E-state index in [0.29, 0.717) is 16.6 Å². The van der Waals surface area contributed by atoms with Crippen molar-refractivity contribution in [3.63, 3.8) is 0 Å². The Kier molecular flexibility index (Phi) is 5.91. The fourth-order valence-electron chi connectivity index (χ4n) is 5.34. The van der Waals surface area contributed by atoms with Crippen molar-refractivity contribution in [1.29, 1.82) is 0 Å². The summed E-state index contributed by atoms with van der Waals surface area (Å²) in [5.74, 6) is -0.826. The highest BCUT2D eigenvalue weighted by Gasteiger charge is 2.48. The third kappa shape index (κ3) is 4.25. The van der Waals surface area contributed by atoms with E-state index in [2.05, 4.69) is 33.6 Å². The van der Waals surface area contributed by atoms with Crippen molar-refractivity contribution in [2.75, 3.05) is 36.8 Å². The van der Waals surface area contributed by atoms with Crippen LogP contribution >= 0.6 is 11.6 Å². The van der Waals surface area contributed by atoms with Gasteiger partial charge < -0.3 is 9.80 Å². The van der Waals surface area contributed by atoms with Crippen LogP contribution in [0.3, 0.4) is 0 Å². The number of benzene rings is 1. The van der Waals surface area contributed by atoms with Gasteiger partial charge in [-0.05, 0) is 70.1 Å². The van der Waals surface area contributed by atoms with E-state index in [9.17, 15) is 12.8 Å². The zero-order chi connectivity index (χ0) is 22.4. The molecule has 2 aromatic rings. The van der Waals surface area contributed by atoms with E-state index >= 15 is 0 Å². The second kappa shape index (κ2) is 8.22. The smallest absolute Gasteiger partial charge is 0.263 e. The van der Waals surface area contributed by atoms with Crippen LogP contribution in [-0.2, 0) is 10.0 Å². The molecule has 2 fully saturated rings. The molecule has 6 nitrogen and oxygen atoms in total. The van der Waals surface area contributed by atoms with E-state index in [1.165, 1.54) is 37.5 Å². The maximum atomic E-state index is 13.3. The van der Waals surface area contributed by atoms with Gasteiger partial charge in [0.15, 0.2) is 0 Å². The van der Waals surface area contributed by atoms with Gasteiger partial charge in [-0.1, -0.05) is 24.1 Å². The summed E-state index contributed by atoms with van der Waals surface area (Å²) in [6.45, 7) is 3.57. The number of hydrogen-bond donors (Lipinski definition) is 1. The Hall–Kier alpha value is -1.90. The summed E-state index contributed by atoms with van der Waals surface area (Å²) in [4.78, 5) is 8.26. The Morgan fingerprint density at radius 3 is 2.77 bits per heavy atom. The van der Waals surface area contributed by atoms with E-state index in [1.54, 1.807) is 6.92 Å².